The number of carbonyl (C=O) groups excluding carboxylic acids is 1. The van der Waals surface area contributed by atoms with Gasteiger partial charge in [0.15, 0.2) is 0 Å². The van der Waals surface area contributed by atoms with Gasteiger partial charge >= 0.3 is 0 Å². The van der Waals surface area contributed by atoms with Crippen molar-refractivity contribution in [1.82, 2.24) is 25.7 Å². The summed E-state index contributed by atoms with van der Waals surface area (Å²) in [6.45, 7) is 2.43. The third kappa shape index (κ3) is 3.20. The lowest BCUT2D eigenvalue weighted by molar-refractivity contribution is 0.0951. The van der Waals surface area contributed by atoms with Crippen molar-refractivity contribution in [3.8, 4) is 11.3 Å². The second-order valence-corrected chi connectivity index (χ2v) is 5.82. The maximum atomic E-state index is 12.1. The summed E-state index contributed by atoms with van der Waals surface area (Å²) in [5.41, 5.74) is 2.53. The average Bonchev–Trinajstić information content (AvgIpc) is 3.24. The first kappa shape index (κ1) is 14.4. The van der Waals surface area contributed by atoms with Crippen molar-refractivity contribution < 1.29 is 4.79 Å². The molecule has 0 saturated carbocycles. The topological polar surface area (TPSA) is 83.6 Å². The first-order valence-electron chi connectivity index (χ1n) is 6.95. The zero-order valence-electron chi connectivity index (χ0n) is 12.0. The van der Waals surface area contributed by atoms with E-state index in [1.165, 1.54) is 11.3 Å². The fraction of sp³-hybridized carbons (Fsp3) is 0.200. The van der Waals surface area contributed by atoms with Gasteiger partial charge in [-0.3, -0.25) is 9.89 Å². The molecule has 112 valence electrons. The van der Waals surface area contributed by atoms with Gasteiger partial charge in [-0.05, 0) is 30.2 Å². The summed E-state index contributed by atoms with van der Waals surface area (Å²) in [5, 5.41) is 19.5. The number of aromatic amines is 1. The highest BCUT2D eigenvalue weighted by molar-refractivity contribution is 7.11. The van der Waals surface area contributed by atoms with Crippen LogP contribution in [-0.2, 0) is 13.0 Å². The van der Waals surface area contributed by atoms with Crippen molar-refractivity contribution in [2.75, 3.05) is 0 Å². The molecule has 1 aromatic carbocycles. The highest BCUT2D eigenvalue weighted by Gasteiger charge is 2.08. The molecule has 6 nitrogen and oxygen atoms in total. The number of nitrogens with one attached hydrogen (secondary N) is 2. The summed E-state index contributed by atoms with van der Waals surface area (Å²) in [6.07, 6.45) is 2.56. The first-order valence-corrected chi connectivity index (χ1v) is 7.77. The average molecular weight is 313 g/mol. The minimum absolute atomic E-state index is 0.121. The third-order valence-electron chi connectivity index (χ3n) is 3.17. The van der Waals surface area contributed by atoms with Crippen molar-refractivity contribution in [3.63, 3.8) is 0 Å². The van der Waals surface area contributed by atoms with Crippen molar-refractivity contribution in [1.29, 1.82) is 0 Å². The molecule has 3 rings (SSSR count). The number of rotatable bonds is 5. The molecule has 0 fully saturated rings. The molecule has 2 aromatic heterocycles. The highest BCUT2D eigenvalue weighted by atomic mass is 32.1. The summed E-state index contributed by atoms with van der Waals surface area (Å²) in [6, 6.07) is 9.26. The van der Waals surface area contributed by atoms with Crippen LogP contribution in [0.3, 0.4) is 0 Å². The Balaban J connectivity index is 1.62. The van der Waals surface area contributed by atoms with Crippen LogP contribution in [0.2, 0.25) is 0 Å². The molecule has 1 amide bonds. The summed E-state index contributed by atoms with van der Waals surface area (Å²) < 4.78 is 0. The van der Waals surface area contributed by atoms with E-state index < -0.39 is 0 Å². The largest absolute Gasteiger partial charge is 0.345 e. The third-order valence-corrected chi connectivity index (χ3v) is 4.24. The Bertz CT molecular complexity index is 749. The quantitative estimate of drug-likeness (QED) is 0.757. The van der Waals surface area contributed by atoms with Crippen molar-refractivity contribution in [3.05, 3.63) is 52.1 Å². The molecule has 22 heavy (non-hydrogen) atoms. The lowest BCUT2D eigenvalue weighted by atomic mass is 10.1. The Labute approximate surface area is 131 Å². The summed E-state index contributed by atoms with van der Waals surface area (Å²) in [4.78, 5) is 12.1. The fourth-order valence-electron chi connectivity index (χ4n) is 1.98. The van der Waals surface area contributed by atoms with E-state index in [0.717, 1.165) is 27.7 Å². The van der Waals surface area contributed by atoms with Gasteiger partial charge in [-0.2, -0.15) is 5.10 Å². The molecular formula is C15H15N5OS. The number of hydrogen-bond donors (Lipinski definition) is 2. The molecule has 0 aliphatic carbocycles. The molecule has 0 unspecified atom stereocenters. The number of carbonyl (C=O) groups is 1. The zero-order chi connectivity index (χ0) is 15.4. The predicted octanol–water partition coefficient (Wildman–Crippen LogP) is 2.42. The van der Waals surface area contributed by atoms with Gasteiger partial charge in [-0.15, -0.1) is 10.2 Å². The van der Waals surface area contributed by atoms with E-state index in [9.17, 15) is 4.79 Å². The van der Waals surface area contributed by atoms with Gasteiger partial charge in [0.2, 0.25) is 0 Å². The fourth-order valence-corrected chi connectivity index (χ4v) is 2.70. The molecule has 2 heterocycles. The number of aromatic nitrogens is 4. The van der Waals surface area contributed by atoms with Crippen LogP contribution in [0.4, 0.5) is 0 Å². The standard InChI is InChI=1S/C15H15N5OS/c1-2-13-19-20-14(22-13)9-16-15(21)11-5-3-10(4-6-11)12-7-8-17-18-12/h3-8H,2,9H2,1H3,(H,16,21)(H,17,18). The minimum Gasteiger partial charge on any atom is -0.345 e. The van der Waals surface area contributed by atoms with Gasteiger partial charge in [0, 0.05) is 11.8 Å². The maximum Gasteiger partial charge on any atom is 0.251 e. The van der Waals surface area contributed by atoms with Crippen LogP contribution in [0.5, 0.6) is 0 Å². The molecule has 0 aliphatic rings. The highest BCUT2D eigenvalue weighted by Crippen LogP contribution is 2.16. The number of hydrogen-bond acceptors (Lipinski definition) is 5. The van der Waals surface area contributed by atoms with Gasteiger partial charge in [0.25, 0.3) is 5.91 Å². The molecule has 0 bridgehead atoms. The van der Waals surface area contributed by atoms with E-state index in [-0.39, 0.29) is 5.91 Å². The second-order valence-electron chi connectivity index (χ2n) is 4.67. The number of nitrogens with zero attached hydrogens (tertiary/aromatic N) is 3. The van der Waals surface area contributed by atoms with Crippen molar-refractivity contribution >= 4 is 17.2 Å². The normalized spacial score (nSPS) is 10.6. The summed E-state index contributed by atoms with van der Waals surface area (Å²) in [7, 11) is 0. The molecule has 0 atom stereocenters. The zero-order valence-corrected chi connectivity index (χ0v) is 12.9. The van der Waals surface area contributed by atoms with Crippen LogP contribution in [0.1, 0.15) is 27.3 Å². The molecule has 7 heteroatoms. The Morgan fingerprint density at radius 3 is 2.59 bits per heavy atom. The Morgan fingerprint density at radius 1 is 1.18 bits per heavy atom. The number of H-pyrrole nitrogens is 1. The van der Waals surface area contributed by atoms with Crippen molar-refractivity contribution in [2.24, 2.45) is 0 Å². The number of benzene rings is 1. The lowest BCUT2D eigenvalue weighted by Gasteiger charge is -2.04. The first-order chi connectivity index (χ1) is 10.8. The van der Waals surface area contributed by atoms with Crippen LogP contribution in [-0.4, -0.2) is 26.3 Å². The van der Waals surface area contributed by atoms with E-state index in [4.69, 9.17) is 0 Å². The lowest BCUT2D eigenvalue weighted by Crippen LogP contribution is -2.22. The van der Waals surface area contributed by atoms with Crippen LogP contribution in [0.15, 0.2) is 36.5 Å². The van der Waals surface area contributed by atoms with E-state index in [2.05, 4.69) is 25.7 Å². The Morgan fingerprint density at radius 2 is 1.95 bits per heavy atom. The SMILES string of the molecule is CCc1nnc(CNC(=O)c2ccc(-c3ccn[nH]3)cc2)s1. The van der Waals surface area contributed by atoms with E-state index >= 15 is 0 Å². The van der Waals surface area contributed by atoms with Crippen LogP contribution >= 0.6 is 11.3 Å². The summed E-state index contributed by atoms with van der Waals surface area (Å²) >= 11 is 1.52. The monoisotopic (exact) mass is 313 g/mol. The predicted molar refractivity (Wildman–Crippen MR) is 84.5 cm³/mol. The molecule has 2 N–H and O–H groups in total. The Hall–Kier alpha value is -2.54. The van der Waals surface area contributed by atoms with Gasteiger partial charge in [-0.25, -0.2) is 0 Å². The number of amides is 1. The van der Waals surface area contributed by atoms with Crippen LogP contribution < -0.4 is 5.32 Å². The van der Waals surface area contributed by atoms with Gasteiger partial charge < -0.3 is 5.32 Å². The van der Waals surface area contributed by atoms with E-state index in [1.54, 1.807) is 18.3 Å². The second kappa shape index (κ2) is 6.48. The van der Waals surface area contributed by atoms with E-state index in [0.29, 0.717) is 12.1 Å². The molecule has 0 spiro atoms. The van der Waals surface area contributed by atoms with Crippen LogP contribution in [0.25, 0.3) is 11.3 Å². The van der Waals surface area contributed by atoms with Crippen LogP contribution in [0, 0.1) is 0 Å². The van der Waals surface area contributed by atoms with Gasteiger partial charge in [0.05, 0.1) is 12.2 Å². The van der Waals surface area contributed by atoms with Crippen molar-refractivity contribution in [2.45, 2.75) is 19.9 Å². The molecule has 3 aromatic rings. The smallest absolute Gasteiger partial charge is 0.251 e. The van der Waals surface area contributed by atoms with Gasteiger partial charge in [-0.1, -0.05) is 30.4 Å². The Kier molecular flexibility index (Phi) is 4.24. The molecule has 0 radical (unpaired) electrons. The van der Waals surface area contributed by atoms with E-state index in [1.807, 2.05) is 25.1 Å². The molecule has 0 saturated heterocycles. The number of aryl methyl sites for hydroxylation is 1. The maximum absolute atomic E-state index is 12.1. The minimum atomic E-state index is -0.121. The summed E-state index contributed by atoms with van der Waals surface area (Å²) in [5.74, 6) is -0.121. The molecule has 0 aliphatic heterocycles. The molecular weight excluding hydrogens is 298 g/mol. The van der Waals surface area contributed by atoms with Gasteiger partial charge in [0.1, 0.15) is 10.0 Å².